The average Bonchev–Trinajstić information content (AvgIpc) is 2.71. The van der Waals surface area contributed by atoms with E-state index in [0.717, 1.165) is 13.0 Å². The van der Waals surface area contributed by atoms with Crippen LogP contribution in [0.5, 0.6) is 0 Å². The smallest absolute Gasteiger partial charge is 0.316 e. The second-order valence-electron chi connectivity index (χ2n) is 4.66. The Labute approximate surface area is 117 Å². The molecule has 0 atom stereocenters. The third-order valence-electron chi connectivity index (χ3n) is 3.14. The quantitative estimate of drug-likeness (QED) is 0.656. The van der Waals surface area contributed by atoms with Gasteiger partial charge in [0.05, 0.1) is 11.4 Å². The molecule has 2 amide bonds. The minimum Gasteiger partial charge on any atom is -0.333 e. The van der Waals surface area contributed by atoms with E-state index in [1.165, 1.54) is 4.90 Å². The highest BCUT2D eigenvalue weighted by atomic mass is 16.2. The van der Waals surface area contributed by atoms with E-state index in [2.05, 4.69) is 25.8 Å². The Morgan fingerprint density at radius 3 is 2.70 bits per heavy atom. The van der Waals surface area contributed by atoms with Crippen LogP contribution in [0, 0.1) is 13.8 Å². The fourth-order valence-electron chi connectivity index (χ4n) is 1.86. The molecule has 0 aromatic carbocycles. The standard InChI is InChI=1S/C12H18N6O2/c1-8-9(2)16-17-12(14-8)15-10(19)11(20)18-6-3-4-13-5-7-18/h13H,3-7H2,1-2H3,(H,14,15,17,19). The predicted molar refractivity (Wildman–Crippen MR) is 72.0 cm³/mol. The molecule has 0 bridgehead atoms. The van der Waals surface area contributed by atoms with Crippen LogP contribution in [0.4, 0.5) is 5.95 Å². The summed E-state index contributed by atoms with van der Waals surface area (Å²) in [5.41, 5.74) is 1.36. The highest BCUT2D eigenvalue weighted by molar-refractivity contribution is 6.39. The Hall–Kier alpha value is -2.09. The lowest BCUT2D eigenvalue weighted by molar-refractivity contribution is -0.143. The first-order valence-electron chi connectivity index (χ1n) is 6.57. The maximum absolute atomic E-state index is 12.0. The first-order chi connectivity index (χ1) is 9.58. The van der Waals surface area contributed by atoms with Gasteiger partial charge in [-0.2, -0.15) is 5.10 Å². The third-order valence-corrected chi connectivity index (χ3v) is 3.14. The molecule has 1 aliphatic heterocycles. The summed E-state index contributed by atoms with van der Waals surface area (Å²) < 4.78 is 0. The van der Waals surface area contributed by atoms with Gasteiger partial charge in [0.25, 0.3) is 0 Å². The second kappa shape index (κ2) is 6.38. The van der Waals surface area contributed by atoms with E-state index in [-0.39, 0.29) is 5.95 Å². The summed E-state index contributed by atoms with van der Waals surface area (Å²) in [6.45, 7) is 6.19. The number of aromatic nitrogens is 3. The van der Waals surface area contributed by atoms with Gasteiger partial charge in [-0.3, -0.25) is 14.9 Å². The van der Waals surface area contributed by atoms with Crippen molar-refractivity contribution in [2.75, 3.05) is 31.5 Å². The van der Waals surface area contributed by atoms with Gasteiger partial charge in [0.1, 0.15) is 0 Å². The normalized spacial score (nSPS) is 15.6. The largest absolute Gasteiger partial charge is 0.333 e. The lowest BCUT2D eigenvalue weighted by atomic mass is 10.3. The summed E-state index contributed by atoms with van der Waals surface area (Å²) in [7, 11) is 0. The molecule has 8 heteroatoms. The SMILES string of the molecule is Cc1nnc(NC(=O)C(=O)N2CCCNCC2)nc1C. The van der Waals surface area contributed by atoms with Crippen LogP contribution in [0.2, 0.25) is 0 Å². The maximum atomic E-state index is 12.0. The summed E-state index contributed by atoms with van der Waals surface area (Å²) >= 11 is 0. The molecule has 2 N–H and O–H groups in total. The van der Waals surface area contributed by atoms with Gasteiger partial charge >= 0.3 is 11.8 Å². The highest BCUT2D eigenvalue weighted by Gasteiger charge is 2.23. The molecule has 2 heterocycles. The van der Waals surface area contributed by atoms with E-state index in [1.807, 2.05) is 0 Å². The topological polar surface area (TPSA) is 100 Å². The fourth-order valence-corrected chi connectivity index (χ4v) is 1.86. The number of anilines is 1. The molecule has 8 nitrogen and oxygen atoms in total. The molecular formula is C12H18N6O2. The first-order valence-corrected chi connectivity index (χ1v) is 6.57. The van der Waals surface area contributed by atoms with Gasteiger partial charge < -0.3 is 10.2 Å². The second-order valence-corrected chi connectivity index (χ2v) is 4.66. The molecule has 1 fully saturated rings. The number of nitrogens with one attached hydrogen (secondary N) is 2. The Morgan fingerprint density at radius 2 is 1.95 bits per heavy atom. The number of carbonyl (C=O) groups is 2. The number of hydrogen-bond donors (Lipinski definition) is 2. The molecule has 1 aromatic rings. The Balaban J connectivity index is 1.99. The van der Waals surface area contributed by atoms with Gasteiger partial charge in [0.15, 0.2) is 0 Å². The van der Waals surface area contributed by atoms with Crippen molar-refractivity contribution in [1.82, 2.24) is 25.4 Å². The summed E-state index contributed by atoms with van der Waals surface area (Å²) in [5.74, 6) is -1.23. The van der Waals surface area contributed by atoms with Crippen molar-refractivity contribution in [3.63, 3.8) is 0 Å². The van der Waals surface area contributed by atoms with Crippen molar-refractivity contribution < 1.29 is 9.59 Å². The van der Waals surface area contributed by atoms with Gasteiger partial charge in [0.2, 0.25) is 5.95 Å². The summed E-state index contributed by atoms with van der Waals surface area (Å²) in [6.07, 6.45) is 0.834. The lowest BCUT2D eigenvalue weighted by Crippen LogP contribution is -2.41. The van der Waals surface area contributed by atoms with E-state index >= 15 is 0 Å². The Bertz CT molecular complexity index is 511. The van der Waals surface area contributed by atoms with E-state index in [4.69, 9.17) is 0 Å². The summed E-state index contributed by atoms with van der Waals surface area (Å²) in [5, 5.41) is 13.2. The van der Waals surface area contributed by atoms with Crippen molar-refractivity contribution in [2.45, 2.75) is 20.3 Å². The zero-order valence-electron chi connectivity index (χ0n) is 11.6. The maximum Gasteiger partial charge on any atom is 0.316 e. The molecule has 20 heavy (non-hydrogen) atoms. The molecule has 0 spiro atoms. The van der Waals surface area contributed by atoms with Crippen LogP contribution in [0.1, 0.15) is 17.8 Å². The summed E-state index contributed by atoms with van der Waals surface area (Å²) in [6, 6.07) is 0. The number of nitrogens with zero attached hydrogens (tertiary/aromatic N) is 4. The third kappa shape index (κ3) is 3.47. The van der Waals surface area contributed by atoms with Crippen molar-refractivity contribution in [2.24, 2.45) is 0 Å². The zero-order valence-corrected chi connectivity index (χ0v) is 11.6. The van der Waals surface area contributed by atoms with Crippen LogP contribution < -0.4 is 10.6 Å². The minimum atomic E-state index is -0.725. The van der Waals surface area contributed by atoms with Crippen LogP contribution in [0.15, 0.2) is 0 Å². The van der Waals surface area contributed by atoms with Gasteiger partial charge in [-0.25, -0.2) is 4.98 Å². The number of amides is 2. The van der Waals surface area contributed by atoms with Crippen molar-refractivity contribution in [1.29, 1.82) is 0 Å². The van der Waals surface area contributed by atoms with E-state index in [9.17, 15) is 9.59 Å². The van der Waals surface area contributed by atoms with Gasteiger partial charge in [-0.15, -0.1) is 5.10 Å². The molecule has 1 saturated heterocycles. The lowest BCUT2D eigenvalue weighted by Gasteiger charge is -2.18. The molecular weight excluding hydrogens is 260 g/mol. The molecule has 0 unspecified atom stereocenters. The van der Waals surface area contributed by atoms with Crippen molar-refractivity contribution in [3.05, 3.63) is 11.4 Å². The molecule has 1 aliphatic rings. The number of hydrogen-bond acceptors (Lipinski definition) is 6. The molecule has 1 aromatic heterocycles. The Kier molecular flexibility index (Phi) is 4.57. The van der Waals surface area contributed by atoms with E-state index in [0.29, 0.717) is 31.0 Å². The fraction of sp³-hybridized carbons (Fsp3) is 0.583. The minimum absolute atomic E-state index is 0.0550. The Morgan fingerprint density at radius 1 is 1.15 bits per heavy atom. The molecule has 2 rings (SSSR count). The van der Waals surface area contributed by atoms with Crippen LogP contribution in [0.3, 0.4) is 0 Å². The van der Waals surface area contributed by atoms with Crippen LogP contribution >= 0.6 is 0 Å². The number of carbonyl (C=O) groups excluding carboxylic acids is 2. The summed E-state index contributed by atoms with van der Waals surface area (Å²) in [4.78, 5) is 29.5. The van der Waals surface area contributed by atoms with Gasteiger partial charge in [-0.05, 0) is 26.8 Å². The number of rotatable bonds is 1. The van der Waals surface area contributed by atoms with E-state index in [1.54, 1.807) is 13.8 Å². The van der Waals surface area contributed by atoms with Crippen molar-refractivity contribution in [3.8, 4) is 0 Å². The highest BCUT2D eigenvalue weighted by Crippen LogP contribution is 2.03. The predicted octanol–water partition coefficient (Wildman–Crippen LogP) is -0.751. The molecule has 0 aliphatic carbocycles. The van der Waals surface area contributed by atoms with E-state index < -0.39 is 11.8 Å². The first kappa shape index (κ1) is 14.3. The molecule has 0 saturated carbocycles. The average molecular weight is 278 g/mol. The van der Waals surface area contributed by atoms with Gasteiger partial charge in [0, 0.05) is 19.6 Å². The molecule has 108 valence electrons. The number of aryl methyl sites for hydroxylation is 2. The monoisotopic (exact) mass is 278 g/mol. The zero-order chi connectivity index (χ0) is 14.5. The van der Waals surface area contributed by atoms with Crippen LogP contribution in [0.25, 0.3) is 0 Å². The van der Waals surface area contributed by atoms with Crippen molar-refractivity contribution >= 4 is 17.8 Å². The van der Waals surface area contributed by atoms with Crippen LogP contribution in [-0.4, -0.2) is 58.1 Å². The van der Waals surface area contributed by atoms with Crippen LogP contribution in [-0.2, 0) is 9.59 Å². The van der Waals surface area contributed by atoms with Gasteiger partial charge in [-0.1, -0.05) is 0 Å². The molecule has 0 radical (unpaired) electrons.